The molecule has 2 heterocycles. The molecule has 3 rings (SSSR count). The van der Waals surface area contributed by atoms with Crippen molar-refractivity contribution in [2.45, 2.75) is 52.6 Å². The van der Waals surface area contributed by atoms with Crippen molar-refractivity contribution in [2.75, 3.05) is 25.5 Å². The Bertz CT molecular complexity index is 902. The van der Waals surface area contributed by atoms with Gasteiger partial charge in [0.1, 0.15) is 6.04 Å². The fourth-order valence-electron chi connectivity index (χ4n) is 4.04. The van der Waals surface area contributed by atoms with Crippen LogP contribution in [0.3, 0.4) is 0 Å². The van der Waals surface area contributed by atoms with Gasteiger partial charge in [-0.3, -0.25) is 9.59 Å². The van der Waals surface area contributed by atoms with Gasteiger partial charge in [-0.25, -0.2) is 0 Å². The molecular weight excluding hydrogens is 392 g/mol. The molecule has 0 saturated carbocycles. The van der Waals surface area contributed by atoms with Crippen LogP contribution >= 0.6 is 0 Å². The first kappa shape index (κ1) is 22.8. The van der Waals surface area contributed by atoms with Crippen molar-refractivity contribution >= 4 is 17.5 Å². The van der Waals surface area contributed by atoms with E-state index in [1.807, 2.05) is 43.3 Å². The minimum absolute atomic E-state index is 0.0511. The molecule has 0 bridgehead atoms. The molecule has 1 aliphatic rings. The van der Waals surface area contributed by atoms with E-state index in [1.54, 1.807) is 11.0 Å². The molecule has 31 heavy (non-hydrogen) atoms. The summed E-state index contributed by atoms with van der Waals surface area (Å²) in [6.45, 7) is 8.83. The summed E-state index contributed by atoms with van der Waals surface area (Å²) in [5, 5.41) is 7.15. The van der Waals surface area contributed by atoms with Crippen molar-refractivity contribution in [3.63, 3.8) is 0 Å². The minimum atomic E-state index is -0.490. The first-order valence-electron chi connectivity index (χ1n) is 11.0. The maximum absolute atomic E-state index is 13.4. The third-order valence-electron chi connectivity index (χ3n) is 5.55. The van der Waals surface area contributed by atoms with Crippen LogP contribution in [0.1, 0.15) is 51.0 Å². The molecule has 1 aromatic carbocycles. The van der Waals surface area contributed by atoms with Crippen LogP contribution in [0.15, 0.2) is 34.9 Å². The number of nitrogens with one attached hydrogen (secondary N) is 1. The second-order valence-electron chi connectivity index (χ2n) is 9.46. The number of nitrogens with zero attached hydrogens (tertiary/aromatic N) is 3. The average molecular weight is 427 g/mol. The lowest BCUT2D eigenvalue weighted by Gasteiger charge is -2.40. The molecule has 1 N–H and O–H groups in total. The molecule has 0 radical (unpaired) electrons. The Hall–Kier alpha value is -2.83. The summed E-state index contributed by atoms with van der Waals surface area (Å²) in [7, 11) is 3.96. The smallest absolute Gasteiger partial charge is 0.276 e. The van der Waals surface area contributed by atoms with Crippen molar-refractivity contribution < 1.29 is 14.1 Å². The molecule has 7 heteroatoms. The molecule has 0 unspecified atom stereocenters. The third-order valence-corrected chi connectivity index (χ3v) is 5.55. The Morgan fingerprint density at radius 1 is 1.16 bits per heavy atom. The lowest BCUT2D eigenvalue weighted by Crippen LogP contribution is -2.62. The Balaban J connectivity index is 1.83. The van der Waals surface area contributed by atoms with Crippen molar-refractivity contribution in [2.24, 2.45) is 11.8 Å². The molecule has 2 aromatic rings. The highest BCUT2D eigenvalue weighted by Crippen LogP contribution is 2.26. The zero-order valence-electron chi connectivity index (χ0n) is 19.4. The largest absolute Gasteiger partial charge is 0.378 e. The number of hydrogen-bond donors (Lipinski definition) is 1. The Labute approximate surface area is 184 Å². The van der Waals surface area contributed by atoms with E-state index in [1.165, 1.54) is 0 Å². The van der Waals surface area contributed by atoms with E-state index in [0.29, 0.717) is 24.6 Å². The van der Waals surface area contributed by atoms with Gasteiger partial charge in [0.2, 0.25) is 5.91 Å². The fourth-order valence-corrected chi connectivity index (χ4v) is 4.04. The second-order valence-corrected chi connectivity index (χ2v) is 9.46. The van der Waals surface area contributed by atoms with Crippen LogP contribution in [-0.4, -0.2) is 54.6 Å². The monoisotopic (exact) mass is 426 g/mol. The van der Waals surface area contributed by atoms with E-state index >= 15 is 0 Å². The lowest BCUT2D eigenvalue weighted by molar-refractivity contribution is -0.130. The normalized spacial score (nSPS) is 19.1. The lowest BCUT2D eigenvalue weighted by atomic mass is 9.94. The van der Waals surface area contributed by atoms with Crippen LogP contribution in [-0.2, 0) is 4.79 Å². The second kappa shape index (κ2) is 9.54. The molecule has 0 spiro atoms. The van der Waals surface area contributed by atoms with Crippen LogP contribution in [0.25, 0.3) is 11.3 Å². The van der Waals surface area contributed by atoms with Crippen molar-refractivity contribution in [1.29, 1.82) is 0 Å². The van der Waals surface area contributed by atoms with Crippen LogP contribution in [0.5, 0.6) is 0 Å². The molecule has 1 aromatic heterocycles. The van der Waals surface area contributed by atoms with Gasteiger partial charge < -0.3 is 19.6 Å². The number of carbonyl (C=O) groups is 2. The summed E-state index contributed by atoms with van der Waals surface area (Å²) < 4.78 is 5.49. The van der Waals surface area contributed by atoms with E-state index in [9.17, 15) is 9.59 Å². The summed E-state index contributed by atoms with van der Waals surface area (Å²) in [6.07, 6.45) is 1.44. The average Bonchev–Trinajstić information content (AvgIpc) is 3.19. The molecule has 1 aliphatic heterocycles. The predicted molar refractivity (Wildman–Crippen MR) is 122 cm³/mol. The number of benzene rings is 1. The van der Waals surface area contributed by atoms with Crippen LogP contribution in [0.2, 0.25) is 0 Å². The molecule has 7 nitrogen and oxygen atoms in total. The fraction of sp³-hybridized carbons (Fsp3) is 0.542. The number of aromatic nitrogens is 1. The molecular formula is C24H34N4O3. The molecule has 1 fully saturated rings. The van der Waals surface area contributed by atoms with Gasteiger partial charge in [0.05, 0.1) is 0 Å². The first-order valence-corrected chi connectivity index (χ1v) is 11.0. The maximum atomic E-state index is 13.4. The number of rotatable bonds is 7. The van der Waals surface area contributed by atoms with Crippen molar-refractivity contribution in [3.05, 3.63) is 36.0 Å². The van der Waals surface area contributed by atoms with Crippen LogP contribution in [0.4, 0.5) is 5.69 Å². The molecule has 2 atom stereocenters. The van der Waals surface area contributed by atoms with E-state index in [4.69, 9.17) is 4.52 Å². The Kier molecular flexibility index (Phi) is 7.03. The summed E-state index contributed by atoms with van der Waals surface area (Å²) in [6, 6.07) is 8.99. The SMILES string of the molecule is CC(C)C[C@H]1CN(C(=O)c2cc(-c3ccc(N(C)C)cc3)on2)[C@@H](CC(C)C)C(=O)N1. The topological polar surface area (TPSA) is 78.7 Å². The Morgan fingerprint density at radius 2 is 1.81 bits per heavy atom. The van der Waals surface area contributed by atoms with Gasteiger partial charge in [0.25, 0.3) is 5.91 Å². The maximum Gasteiger partial charge on any atom is 0.276 e. The summed E-state index contributed by atoms with van der Waals surface area (Å²) in [4.78, 5) is 29.9. The molecule has 2 amide bonds. The predicted octanol–water partition coefficient (Wildman–Crippen LogP) is 3.81. The van der Waals surface area contributed by atoms with Crippen LogP contribution in [0, 0.1) is 11.8 Å². The molecule has 0 aliphatic carbocycles. The van der Waals surface area contributed by atoms with Crippen molar-refractivity contribution in [1.82, 2.24) is 15.4 Å². The third kappa shape index (κ3) is 5.46. The molecule has 1 saturated heterocycles. The van der Waals surface area contributed by atoms with Gasteiger partial charge >= 0.3 is 0 Å². The van der Waals surface area contributed by atoms with Gasteiger partial charge in [-0.2, -0.15) is 0 Å². The zero-order valence-corrected chi connectivity index (χ0v) is 19.4. The highest BCUT2D eigenvalue weighted by Gasteiger charge is 2.39. The number of anilines is 1. The summed E-state index contributed by atoms with van der Waals surface area (Å²) >= 11 is 0. The number of amides is 2. The zero-order chi connectivity index (χ0) is 22.7. The standard InChI is InChI=1S/C24H34N4O3/c1-15(2)11-18-14-28(21(12-16(3)4)23(29)25-18)24(30)20-13-22(31-26-20)17-7-9-19(10-8-17)27(5)6/h7-10,13,15-16,18,21H,11-12,14H2,1-6H3,(H,25,29)/t18-,21-/m0/s1. The first-order chi connectivity index (χ1) is 14.7. The van der Waals surface area contributed by atoms with E-state index in [0.717, 1.165) is 17.7 Å². The van der Waals surface area contributed by atoms with E-state index in [2.05, 4.69) is 38.2 Å². The summed E-state index contributed by atoms with van der Waals surface area (Å²) in [5.41, 5.74) is 2.16. The quantitative estimate of drug-likeness (QED) is 0.728. The van der Waals surface area contributed by atoms with E-state index in [-0.39, 0.29) is 29.5 Å². The van der Waals surface area contributed by atoms with Crippen LogP contribution < -0.4 is 10.2 Å². The highest BCUT2D eigenvalue weighted by molar-refractivity contribution is 5.97. The van der Waals surface area contributed by atoms with Gasteiger partial charge in [0, 0.05) is 44.0 Å². The van der Waals surface area contributed by atoms with Gasteiger partial charge in [0.15, 0.2) is 11.5 Å². The number of piperazine rings is 1. The van der Waals surface area contributed by atoms with Gasteiger partial charge in [-0.15, -0.1) is 0 Å². The van der Waals surface area contributed by atoms with E-state index < -0.39 is 6.04 Å². The highest BCUT2D eigenvalue weighted by atomic mass is 16.5. The van der Waals surface area contributed by atoms with Gasteiger partial charge in [-0.05, 0) is 48.9 Å². The molecule has 168 valence electrons. The summed E-state index contributed by atoms with van der Waals surface area (Å²) in [5.74, 6) is 0.911. The minimum Gasteiger partial charge on any atom is -0.378 e. The number of hydrogen-bond acceptors (Lipinski definition) is 5. The van der Waals surface area contributed by atoms with Gasteiger partial charge in [-0.1, -0.05) is 32.9 Å². The number of carbonyl (C=O) groups excluding carboxylic acids is 2. The Morgan fingerprint density at radius 3 is 2.39 bits per heavy atom. The van der Waals surface area contributed by atoms with Crippen molar-refractivity contribution in [3.8, 4) is 11.3 Å².